The normalized spacial score (nSPS) is 17.9. The highest BCUT2D eigenvalue weighted by Gasteiger charge is 2.32. The number of carbonyl (C=O) groups excluding carboxylic acids is 2. The maximum atomic E-state index is 12.4. The summed E-state index contributed by atoms with van der Waals surface area (Å²) in [6.45, 7) is 7.73. The van der Waals surface area contributed by atoms with Crippen molar-refractivity contribution in [3.8, 4) is 0 Å². The van der Waals surface area contributed by atoms with Crippen LogP contribution in [0.2, 0.25) is 0 Å². The van der Waals surface area contributed by atoms with Crippen LogP contribution in [0.3, 0.4) is 0 Å². The van der Waals surface area contributed by atoms with E-state index >= 15 is 0 Å². The van der Waals surface area contributed by atoms with E-state index in [-0.39, 0.29) is 5.91 Å². The Morgan fingerprint density at radius 3 is 2.65 bits per heavy atom. The molecule has 0 bridgehead atoms. The van der Waals surface area contributed by atoms with Crippen molar-refractivity contribution in [2.45, 2.75) is 52.6 Å². The molecule has 0 unspecified atom stereocenters. The fourth-order valence-corrected chi connectivity index (χ4v) is 2.95. The molecule has 23 heavy (non-hydrogen) atoms. The summed E-state index contributed by atoms with van der Waals surface area (Å²) in [4.78, 5) is 25.7. The molecule has 1 aliphatic heterocycles. The molecular formula is C16H26N4O3. The lowest BCUT2D eigenvalue weighted by atomic mass is 10.0. The van der Waals surface area contributed by atoms with Gasteiger partial charge in [-0.2, -0.15) is 5.10 Å². The number of nitrogens with one attached hydrogen (secondary N) is 1. The third-order valence-corrected chi connectivity index (χ3v) is 4.58. The minimum absolute atomic E-state index is 0.117. The Morgan fingerprint density at radius 1 is 1.30 bits per heavy atom. The van der Waals surface area contributed by atoms with Gasteiger partial charge in [-0.1, -0.05) is 0 Å². The van der Waals surface area contributed by atoms with Gasteiger partial charge in [-0.05, 0) is 45.6 Å². The van der Waals surface area contributed by atoms with Gasteiger partial charge < -0.3 is 10.1 Å². The number of aryl methyl sites for hydroxylation is 1. The van der Waals surface area contributed by atoms with Gasteiger partial charge in [0.1, 0.15) is 6.04 Å². The van der Waals surface area contributed by atoms with Crippen molar-refractivity contribution in [3.63, 3.8) is 0 Å². The molecular weight excluding hydrogens is 296 g/mol. The number of likely N-dealkylation sites (tertiary alicyclic amines) is 1. The topological polar surface area (TPSA) is 76.5 Å². The van der Waals surface area contributed by atoms with Crippen molar-refractivity contribution in [2.24, 2.45) is 0 Å². The molecule has 1 N–H and O–H groups in total. The number of amides is 2. The molecule has 2 heterocycles. The second kappa shape index (κ2) is 7.48. The number of nitrogens with zero attached hydrogens (tertiary/aromatic N) is 3. The van der Waals surface area contributed by atoms with E-state index < -0.39 is 12.1 Å². The second-order valence-electron chi connectivity index (χ2n) is 5.98. The first-order valence-electron chi connectivity index (χ1n) is 8.08. The molecule has 128 valence electrons. The molecule has 7 heteroatoms. The number of rotatable bonds is 4. The molecule has 1 aromatic rings. The molecule has 0 saturated carbocycles. The molecule has 1 saturated heterocycles. The lowest BCUT2D eigenvalue weighted by Crippen LogP contribution is -2.52. The van der Waals surface area contributed by atoms with E-state index in [1.54, 1.807) is 0 Å². The zero-order valence-electron chi connectivity index (χ0n) is 14.4. The summed E-state index contributed by atoms with van der Waals surface area (Å²) in [6, 6.07) is -0.432. The average molecular weight is 322 g/mol. The van der Waals surface area contributed by atoms with Gasteiger partial charge in [0.15, 0.2) is 0 Å². The predicted octanol–water partition coefficient (Wildman–Crippen LogP) is 1.55. The summed E-state index contributed by atoms with van der Waals surface area (Å²) in [5.41, 5.74) is 3.31. The van der Waals surface area contributed by atoms with E-state index in [0.717, 1.165) is 24.2 Å². The summed E-state index contributed by atoms with van der Waals surface area (Å²) in [6.07, 6.45) is 2.10. The minimum atomic E-state index is -0.432. The first-order chi connectivity index (χ1) is 11.0. The molecule has 7 nitrogen and oxygen atoms in total. The lowest BCUT2D eigenvalue weighted by molar-refractivity contribution is -0.127. The fraction of sp³-hybridized carbons (Fsp3) is 0.688. The summed E-state index contributed by atoms with van der Waals surface area (Å²) < 4.78 is 6.68. The van der Waals surface area contributed by atoms with Crippen LogP contribution < -0.4 is 5.32 Å². The predicted molar refractivity (Wildman–Crippen MR) is 86.2 cm³/mol. The highest BCUT2D eigenvalue weighted by atomic mass is 16.5. The van der Waals surface area contributed by atoms with E-state index in [0.29, 0.717) is 26.1 Å². The first kappa shape index (κ1) is 17.3. The maximum absolute atomic E-state index is 12.4. The van der Waals surface area contributed by atoms with Crippen LogP contribution in [-0.4, -0.2) is 52.9 Å². The van der Waals surface area contributed by atoms with Gasteiger partial charge in [0.2, 0.25) is 5.91 Å². The quantitative estimate of drug-likeness (QED) is 0.912. The van der Waals surface area contributed by atoms with E-state index in [4.69, 9.17) is 4.74 Å². The third-order valence-electron chi connectivity index (χ3n) is 4.58. The van der Waals surface area contributed by atoms with E-state index in [1.165, 1.54) is 17.6 Å². The lowest BCUT2D eigenvalue weighted by Gasteiger charge is -2.33. The zero-order valence-corrected chi connectivity index (χ0v) is 14.4. The molecule has 1 fully saturated rings. The highest BCUT2D eigenvalue weighted by molar-refractivity contribution is 5.85. The average Bonchev–Trinajstić information content (AvgIpc) is 2.81. The van der Waals surface area contributed by atoms with Gasteiger partial charge in [0.05, 0.1) is 19.3 Å². The van der Waals surface area contributed by atoms with E-state index in [1.807, 2.05) is 25.5 Å². The van der Waals surface area contributed by atoms with Gasteiger partial charge >= 0.3 is 6.09 Å². The number of carbonyl (C=O) groups is 2. The van der Waals surface area contributed by atoms with Crippen molar-refractivity contribution in [2.75, 3.05) is 20.2 Å². The van der Waals surface area contributed by atoms with Crippen LogP contribution in [0.4, 0.5) is 4.79 Å². The van der Waals surface area contributed by atoms with Crippen molar-refractivity contribution < 1.29 is 14.3 Å². The third kappa shape index (κ3) is 3.83. The van der Waals surface area contributed by atoms with Crippen molar-refractivity contribution >= 4 is 12.0 Å². The van der Waals surface area contributed by atoms with Gasteiger partial charge in [-0.3, -0.25) is 14.4 Å². The summed E-state index contributed by atoms with van der Waals surface area (Å²) in [5, 5.41) is 7.37. The largest absolute Gasteiger partial charge is 0.453 e. The Labute approximate surface area is 137 Å². The fourth-order valence-electron chi connectivity index (χ4n) is 2.95. The Balaban J connectivity index is 1.90. The Bertz CT molecular complexity index is 582. The molecule has 1 aromatic heterocycles. The molecule has 1 atom stereocenters. The van der Waals surface area contributed by atoms with Crippen LogP contribution >= 0.6 is 0 Å². The Morgan fingerprint density at radius 2 is 2.04 bits per heavy atom. The SMILES string of the molecule is COC(=O)N1CCCC[C@H]1C(=O)NCCn1nc(C)c(C)c1C. The Kier molecular flexibility index (Phi) is 5.63. The van der Waals surface area contributed by atoms with Crippen LogP contribution in [0.25, 0.3) is 0 Å². The van der Waals surface area contributed by atoms with Gasteiger partial charge in [0, 0.05) is 18.8 Å². The highest BCUT2D eigenvalue weighted by Crippen LogP contribution is 2.18. The number of hydrogen-bond acceptors (Lipinski definition) is 4. The molecule has 1 aliphatic rings. The summed E-state index contributed by atoms with van der Waals surface area (Å²) >= 11 is 0. The van der Waals surface area contributed by atoms with Crippen LogP contribution in [0.5, 0.6) is 0 Å². The molecule has 0 radical (unpaired) electrons. The first-order valence-corrected chi connectivity index (χ1v) is 8.08. The van der Waals surface area contributed by atoms with E-state index in [9.17, 15) is 9.59 Å². The molecule has 2 rings (SSSR count). The van der Waals surface area contributed by atoms with Crippen molar-refractivity contribution in [1.29, 1.82) is 0 Å². The van der Waals surface area contributed by atoms with Crippen LogP contribution in [-0.2, 0) is 16.1 Å². The van der Waals surface area contributed by atoms with Crippen molar-refractivity contribution in [1.82, 2.24) is 20.0 Å². The van der Waals surface area contributed by atoms with Crippen molar-refractivity contribution in [3.05, 3.63) is 17.0 Å². The zero-order chi connectivity index (χ0) is 17.0. The number of ether oxygens (including phenoxy) is 1. The monoisotopic (exact) mass is 322 g/mol. The number of hydrogen-bond donors (Lipinski definition) is 1. The van der Waals surface area contributed by atoms with Gasteiger partial charge in [0.25, 0.3) is 0 Å². The molecule has 0 aliphatic carbocycles. The molecule has 2 amide bonds. The number of methoxy groups -OCH3 is 1. The standard InChI is InChI=1S/C16H26N4O3/c1-11-12(2)18-20(13(11)3)10-8-17-15(21)14-7-5-6-9-19(14)16(22)23-4/h14H,5-10H2,1-4H3,(H,17,21)/t14-/m0/s1. The molecule has 0 aromatic carbocycles. The van der Waals surface area contributed by atoms with Gasteiger partial charge in [-0.25, -0.2) is 4.79 Å². The Hall–Kier alpha value is -2.05. The smallest absolute Gasteiger partial charge is 0.410 e. The van der Waals surface area contributed by atoms with Crippen LogP contribution in [0.15, 0.2) is 0 Å². The van der Waals surface area contributed by atoms with Crippen LogP contribution in [0.1, 0.15) is 36.2 Å². The van der Waals surface area contributed by atoms with E-state index in [2.05, 4.69) is 10.4 Å². The summed E-state index contributed by atoms with van der Waals surface area (Å²) in [5.74, 6) is -0.117. The molecule has 0 spiro atoms. The maximum Gasteiger partial charge on any atom is 0.410 e. The second-order valence-corrected chi connectivity index (χ2v) is 5.98. The minimum Gasteiger partial charge on any atom is -0.453 e. The number of piperidine rings is 1. The van der Waals surface area contributed by atoms with Gasteiger partial charge in [-0.15, -0.1) is 0 Å². The van der Waals surface area contributed by atoms with Crippen LogP contribution in [0, 0.1) is 20.8 Å². The number of aromatic nitrogens is 2. The summed E-state index contributed by atoms with van der Waals surface area (Å²) in [7, 11) is 1.34.